The minimum Gasteiger partial charge on any atom is -0.744 e. The second-order valence-electron chi connectivity index (χ2n) is 6.76. The number of anilines is 2. The first-order valence-electron chi connectivity index (χ1n) is 9.14. The molecule has 3 aromatic rings. The predicted octanol–water partition coefficient (Wildman–Crippen LogP) is -11.1. The summed E-state index contributed by atoms with van der Waals surface area (Å²) >= 11 is 0. The summed E-state index contributed by atoms with van der Waals surface area (Å²) in [6.07, 6.45) is 0. The molecule has 0 aliphatic rings. The molecule has 0 aromatic heterocycles. The monoisotopic (exact) mass is 624 g/mol. The van der Waals surface area contributed by atoms with Gasteiger partial charge in [-0.25, -0.2) is 25.3 Å². The largest absolute Gasteiger partial charge is 1.00 e. The molecule has 0 unspecified atom stereocenters. The molecule has 0 fully saturated rings. The van der Waals surface area contributed by atoms with Crippen LogP contribution in [0.1, 0.15) is 0 Å². The zero-order chi connectivity index (χ0) is 26.9. The Morgan fingerprint density at radius 1 is 0.564 bits per heavy atom. The van der Waals surface area contributed by atoms with E-state index in [1.807, 2.05) is 0 Å². The number of benzene rings is 3. The van der Waals surface area contributed by atoms with Crippen LogP contribution in [0.2, 0.25) is 0 Å². The van der Waals surface area contributed by atoms with Crippen LogP contribution < -0.4 is 121 Å². The molecule has 0 saturated heterocycles. The number of rotatable bonds is 7. The molecule has 0 aliphatic heterocycles. The van der Waals surface area contributed by atoms with Gasteiger partial charge in [0.05, 0.1) is 21.2 Å². The topological polar surface area (TPSA) is 255 Å². The van der Waals surface area contributed by atoms with Gasteiger partial charge in [0.1, 0.15) is 40.6 Å². The normalized spacial score (nSPS) is 12.5. The molecule has 39 heavy (non-hydrogen) atoms. The Kier molecular flexibility index (Phi) is 14.6. The van der Waals surface area contributed by atoms with Crippen LogP contribution in [0.25, 0.3) is 0 Å². The van der Waals surface area contributed by atoms with Gasteiger partial charge in [0, 0.05) is 0 Å². The average molecular weight is 624 g/mol. The fourth-order valence-electron chi connectivity index (χ4n) is 2.60. The maximum absolute atomic E-state index is 12.7. The number of hydrogen-bond acceptors (Lipinski definition) is 15. The molecule has 21 heteroatoms. The summed E-state index contributed by atoms with van der Waals surface area (Å²) in [5.41, 5.74) is 1.76. The maximum Gasteiger partial charge on any atom is 1.00 e. The van der Waals surface area contributed by atoms with Crippen molar-refractivity contribution in [1.82, 2.24) is 0 Å². The first kappa shape index (κ1) is 38.2. The molecule has 0 atom stereocenters. The van der Waals surface area contributed by atoms with Crippen LogP contribution in [0.15, 0.2) is 89.1 Å². The van der Waals surface area contributed by atoms with Crippen molar-refractivity contribution in [3.8, 4) is 0 Å². The van der Waals surface area contributed by atoms with Crippen molar-refractivity contribution in [3.05, 3.63) is 85.8 Å². The van der Waals surface area contributed by atoms with E-state index >= 15 is 0 Å². The summed E-state index contributed by atoms with van der Waals surface area (Å²) < 4.78 is 100. The van der Waals surface area contributed by atoms with Gasteiger partial charge in [0.25, 0.3) is 0 Å². The molecular formula is C18H11N4Na3O11S3. The molecule has 3 rings (SSSR count). The molecule has 3 aromatic carbocycles. The Bertz CT molecular complexity index is 1890. The van der Waals surface area contributed by atoms with Crippen molar-refractivity contribution in [2.75, 3.05) is 10.9 Å². The van der Waals surface area contributed by atoms with Crippen molar-refractivity contribution in [1.29, 1.82) is 0 Å². The summed E-state index contributed by atoms with van der Waals surface area (Å²) in [7, 11) is -14.9. The fraction of sp³-hybridized carbons (Fsp3) is 0. The number of nitrogens with one attached hydrogen (secondary N) is 2. The molecule has 0 aliphatic carbocycles. The van der Waals surface area contributed by atoms with Gasteiger partial charge in [-0.15, -0.1) is 0 Å². The Morgan fingerprint density at radius 2 is 0.949 bits per heavy atom. The van der Waals surface area contributed by atoms with Crippen molar-refractivity contribution in [3.63, 3.8) is 0 Å². The quantitative estimate of drug-likeness (QED) is 0.141. The summed E-state index contributed by atoms with van der Waals surface area (Å²) in [5, 5.41) is 5.32. The first-order chi connectivity index (χ1) is 16.6. The summed E-state index contributed by atoms with van der Waals surface area (Å²) in [6.45, 7) is 0. The van der Waals surface area contributed by atoms with E-state index in [2.05, 4.69) is 21.1 Å². The van der Waals surface area contributed by atoms with E-state index in [9.17, 15) is 48.5 Å². The Balaban J connectivity index is 0.00000481. The standard InChI is InChI=1S/C18H14N4O11S3.3Na/c23-17-14(21-19-10-1-5-12(6-2-10)34(25,26)27)9-15(36(31,32)33)18(24)16(17)22-20-11-3-7-13(8-4-11)35(28,29)30;;;/h1-9,19-20H,(H,25,26,27)(H,28,29,30)(H,31,32,33);;;/q;3*+1/p-3/b21-14+,22-16-;;;. The van der Waals surface area contributed by atoms with Crippen LogP contribution in [0.5, 0.6) is 0 Å². The maximum atomic E-state index is 12.7. The third-order valence-electron chi connectivity index (χ3n) is 4.31. The average Bonchev–Trinajstić information content (AvgIpc) is 2.77. The summed E-state index contributed by atoms with van der Waals surface area (Å²) in [5.74, 6) is 0. The van der Waals surface area contributed by atoms with Gasteiger partial charge in [-0.1, -0.05) is 0 Å². The molecule has 0 amide bonds. The second kappa shape index (κ2) is 14.9. The van der Waals surface area contributed by atoms with Gasteiger partial charge >= 0.3 is 88.7 Å². The molecule has 0 heterocycles. The summed E-state index contributed by atoms with van der Waals surface area (Å²) in [6, 6.07) is 8.43. The Morgan fingerprint density at radius 3 is 1.31 bits per heavy atom. The molecular weight excluding hydrogens is 613 g/mol. The van der Waals surface area contributed by atoms with Crippen LogP contribution in [0, 0.1) is 0 Å². The van der Waals surface area contributed by atoms with E-state index < -0.39 is 66.6 Å². The third kappa shape index (κ3) is 10.2. The van der Waals surface area contributed by atoms with Crippen molar-refractivity contribution < 1.29 is 128 Å². The zero-order valence-electron chi connectivity index (χ0n) is 20.3. The van der Waals surface area contributed by atoms with Gasteiger partial charge in [0.15, 0.2) is 5.36 Å². The van der Waals surface area contributed by atoms with Gasteiger partial charge < -0.3 is 13.7 Å². The van der Waals surface area contributed by atoms with Crippen molar-refractivity contribution in [2.45, 2.75) is 14.7 Å². The second-order valence-corrected chi connectivity index (χ2v) is 10.9. The van der Waals surface area contributed by atoms with Crippen LogP contribution in [0.4, 0.5) is 11.4 Å². The van der Waals surface area contributed by atoms with E-state index in [1.165, 1.54) is 0 Å². The SMILES string of the molecule is O=c1c(S(=O)(=O)[O-])c/c(=N\Nc2ccc(S(=O)(=O)[O-])cc2)c(=O)/c1=N/Nc1ccc(S(=O)(=O)[O-])cc1.[Na+].[Na+].[Na+]. The third-order valence-corrected chi connectivity index (χ3v) is 6.85. The van der Waals surface area contributed by atoms with Crippen LogP contribution in [-0.4, -0.2) is 38.9 Å². The Hall–Kier alpha value is -0.810. The minimum atomic E-state index is -5.38. The van der Waals surface area contributed by atoms with E-state index in [1.54, 1.807) is 0 Å². The van der Waals surface area contributed by atoms with Crippen LogP contribution >= 0.6 is 0 Å². The Labute approximate surface area is 287 Å². The van der Waals surface area contributed by atoms with Gasteiger partial charge in [0.2, 0.25) is 10.9 Å². The van der Waals surface area contributed by atoms with E-state index in [4.69, 9.17) is 0 Å². The number of nitrogens with zero attached hydrogens (tertiary/aromatic N) is 2. The smallest absolute Gasteiger partial charge is 0.744 e. The van der Waals surface area contributed by atoms with Gasteiger partial charge in [-0.05, 0) is 54.6 Å². The molecule has 0 spiro atoms. The van der Waals surface area contributed by atoms with E-state index in [0.29, 0.717) is 6.07 Å². The molecule has 0 bridgehead atoms. The molecule has 0 saturated carbocycles. The molecule has 15 nitrogen and oxygen atoms in total. The first-order valence-corrected chi connectivity index (χ1v) is 13.4. The van der Waals surface area contributed by atoms with E-state index in [0.717, 1.165) is 48.5 Å². The van der Waals surface area contributed by atoms with Crippen LogP contribution in [-0.2, 0) is 30.4 Å². The van der Waals surface area contributed by atoms with Gasteiger partial charge in [-0.2, -0.15) is 10.2 Å². The van der Waals surface area contributed by atoms with Gasteiger partial charge in [-0.3, -0.25) is 20.4 Å². The zero-order valence-corrected chi connectivity index (χ0v) is 28.8. The van der Waals surface area contributed by atoms with Crippen LogP contribution in [0.3, 0.4) is 0 Å². The fourth-order valence-corrected chi connectivity index (χ4v) is 4.12. The molecule has 2 N–H and O–H groups in total. The number of hydrogen-bond donors (Lipinski definition) is 2. The van der Waals surface area contributed by atoms with E-state index in [-0.39, 0.29) is 100 Å². The predicted molar refractivity (Wildman–Crippen MR) is 116 cm³/mol. The summed E-state index contributed by atoms with van der Waals surface area (Å²) in [4.78, 5) is 22.6. The molecule has 0 radical (unpaired) electrons. The molecule has 190 valence electrons. The van der Waals surface area contributed by atoms with Crippen molar-refractivity contribution >= 4 is 41.7 Å². The minimum absolute atomic E-state index is 0. The van der Waals surface area contributed by atoms with Crippen molar-refractivity contribution in [2.24, 2.45) is 10.2 Å².